The molecule has 2 unspecified atom stereocenters. The molecule has 0 N–H and O–H groups in total. The van der Waals surface area contributed by atoms with E-state index < -0.39 is 40.9 Å². The fourth-order valence-electron chi connectivity index (χ4n) is 5.85. The molecule has 4 aromatic rings. The molecule has 0 saturated carbocycles. The summed E-state index contributed by atoms with van der Waals surface area (Å²) in [5, 5.41) is 1.28. The summed E-state index contributed by atoms with van der Waals surface area (Å²) in [6.45, 7) is 9.81. The van der Waals surface area contributed by atoms with E-state index in [0.717, 1.165) is 11.1 Å². The monoisotopic (exact) mass is 727 g/mol. The van der Waals surface area contributed by atoms with E-state index in [9.17, 15) is 22.8 Å². The Labute approximate surface area is 302 Å². The number of carbonyl (C=O) groups excluding carboxylic acids is 2. The first kappa shape index (κ1) is 38.9. The Balaban J connectivity index is 1.45. The Morgan fingerprint density at radius 3 is 1.72 bits per heavy atom. The lowest BCUT2D eigenvalue weighted by atomic mass is 9.80. The fourth-order valence-corrected chi connectivity index (χ4v) is 6.11. The molecule has 266 valence electrons. The summed E-state index contributed by atoms with van der Waals surface area (Å²) in [7, 11) is 2.00. The minimum Gasteiger partial charge on any atom is -0.492 e. The second-order valence-corrected chi connectivity index (χ2v) is 14.5. The SMILES string of the molecule is CC(c1ccc(C(=O)OC(C)(C)C)cc1)C(Cc1ccc(OCCN(C)C(C)(c2ccc(Cl)cc2)c2ccc(Cl)cc2)cc1)C(=O)C(F)(F)F. The predicted molar refractivity (Wildman–Crippen MR) is 192 cm³/mol. The highest BCUT2D eigenvalue weighted by atomic mass is 35.5. The molecule has 5 nitrogen and oxygen atoms in total. The van der Waals surface area contributed by atoms with Gasteiger partial charge in [-0.1, -0.05) is 78.7 Å². The summed E-state index contributed by atoms with van der Waals surface area (Å²) in [4.78, 5) is 27.3. The average molecular weight is 729 g/mol. The highest BCUT2D eigenvalue weighted by Gasteiger charge is 2.45. The van der Waals surface area contributed by atoms with Crippen LogP contribution >= 0.6 is 23.2 Å². The second kappa shape index (κ2) is 16.0. The van der Waals surface area contributed by atoms with Crippen molar-refractivity contribution in [2.75, 3.05) is 20.2 Å². The normalized spacial score (nSPS) is 13.5. The number of alkyl halides is 3. The predicted octanol–water partition coefficient (Wildman–Crippen LogP) is 10.3. The number of hydrogen-bond acceptors (Lipinski definition) is 5. The van der Waals surface area contributed by atoms with Gasteiger partial charge in [-0.3, -0.25) is 9.69 Å². The maximum atomic E-state index is 13.8. The zero-order chi connectivity index (χ0) is 36.9. The van der Waals surface area contributed by atoms with Crippen LogP contribution in [0.2, 0.25) is 10.0 Å². The number of esters is 1. The van der Waals surface area contributed by atoms with E-state index in [2.05, 4.69) is 11.8 Å². The number of halogens is 5. The topological polar surface area (TPSA) is 55.8 Å². The van der Waals surface area contributed by atoms with Crippen LogP contribution in [0.1, 0.15) is 73.1 Å². The van der Waals surface area contributed by atoms with E-state index in [1.54, 1.807) is 64.1 Å². The van der Waals surface area contributed by atoms with E-state index >= 15 is 0 Å². The van der Waals surface area contributed by atoms with Gasteiger partial charge in [-0.05, 0) is 118 Å². The molecule has 0 radical (unpaired) electrons. The van der Waals surface area contributed by atoms with Crippen LogP contribution in [0.5, 0.6) is 5.75 Å². The number of nitrogens with zero attached hydrogens (tertiary/aromatic N) is 1. The lowest BCUT2D eigenvalue weighted by Crippen LogP contribution is -2.44. The standard InChI is InChI=1S/C40H42Cl2F3NO4/c1-26(28-9-11-29(12-10-28)37(48)50-38(2,3)4)35(36(47)40(43,44)45)25-27-7-21-34(22-8-27)49-24-23-46(6)39(5,30-13-17-32(41)18-14-30)31-15-19-33(42)20-16-31/h7-22,26,35H,23-25H2,1-6H3. The van der Waals surface area contributed by atoms with Gasteiger partial charge < -0.3 is 9.47 Å². The Hall–Kier alpha value is -3.85. The van der Waals surface area contributed by atoms with Crippen molar-refractivity contribution in [1.82, 2.24) is 4.90 Å². The van der Waals surface area contributed by atoms with Crippen LogP contribution in [0.15, 0.2) is 97.1 Å². The van der Waals surface area contributed by atoms with Gasteiger partial charge in [0.25, 0.3) is 0 Å². The van der Waals surface area contributed by atoms with Gasteiger partial charge in [0.1, 0.15) is 18.0 Å². The molecule has 4 aromatic carbocycles. The van der Waals surface area contributed by atoms with Gasteiger partial charge in [-0.2, -0.15) is 13.2 Å². The number of ketones is 1. The second-order valence-electron chi connectivity index (χ2n) is 13.6. The molecule has 0 aliphatic heterocycles. The summed E-state index contributed by atoms with van der Waals surface area (Å²) in [6, 6.07) is 28.3. The smallest absolute Gasteiger partial charge is 0.450 e. The first-order valence-electron chi connectivity index (χ1n) is 16.3. The van der Waals surface area contributed by atoms with Crippen molar-refractivity contribution in [2.45, 2.75) is 64.3 Å². The summed E-state index contributed by atoms with van der Waals surface area (Å²) in [6.07, 6.45) is -5.13. The number of hydrogen-bond donors (Lipinski definition) is 0. The third-order valence-electron chi connectivity index (χ3n) is 8.94. The highest BCUT2D eigenvalue weighted by molar-refractivity contribution is 6.30. The quantitative estimate of drug-likeness (QED) is 0.128. The number of ether oxygens (including phenoxy) is 2. The molecule has 4 rings (SSSR count). The molecule has 50 heavy (non-hydrogen) atoms. The molecule has 2 atom stereocenters. The van der Waals surface area contributed by atoms with Gasteiger partial charge in [-0.15, -0.1) is 0 Å². The van der Waals surface area contributed by atoms with E-state index in [1.165, 1.54) is 12.1 Å². The average Bonchev–Trinajstić information content (AvgIpc) is 3.06. The van der Waals surface area contributed by atoms with Crippen molar-refractivity contribution in [3.8, 4) is 5.75 Å². The largest absolute Gasteiger partial charge is 0.492 e. The molecule has 0 aliphatic rings. The summed E-state index contributed by atoms with van der Waals surface area (Å²) < 4.78 is 52.7. The van der Waals surface area contributed by atoms with Crippen LogP contribution < -0.4 is 4.74 Å². The van der Waals surface area contributed by atoms with Gasteiger partial charge >= 0.3 is 12.1 Å². The minimum atomic E-state index is -5.00. The number of likely N-dealkylation sites (N-methyl/N-ethyl adjacent to an activating group) is 1. The van der Waals surface area contributed by atoms with Crippen molar-refractivity contribution in [2.24, 2.45) is 5.92 Å². The lowest BCUT2D eigenvalue weighted by molar-refractivity contribution is -0.176. The summed E-state index contributed by atoms with van der Waals surface area (Å²) in [5.41, 5.74) is 2.19. The van der Waals surface area contributed by atoms with Crippen molar-refractivity contribution in [3.63, 3.8) is 0 Å². The van der Waals surface area contributed by atoms with Gasteiger partial charge in [0, 0.05) is 22.5 Å². The van der Waals surface area contributed by atoms with Crippen LogP contribution in [0, 0.1) is 5.92 Å². The van der Waals surface area contributed by atoms with Crippen molar-refractivity contribution < 1.29 is 32.2 Å². The first-order chi connectivity index (χ1) is 23.4. The molecule has 0 aliphatic carbocycles. The van der Waals surface area contributed by atoms with Crippen LogP contribution in [0.4, 0.5) is 13.2 Å². The van der Waals surface area contributed by atoms with E-state index in [1.807, 2.05) is 55.6 Å². The minimum absolute atomic E-state index is 0.128. The molecule has 0 saturated heterocycles. The molecule has 0 spiro atoms. The van der Waals surface area contributed by atoms with Gasteiger partial charge in [0.15, 0.2) is 0 Å². The number of benzene rings is 4. The van der Waals surface area contributed by atoms with Gasteiger partial charge in [0.05, 0.1) is 11.1 Å². The Morgan fingerprint density at radius 1 is 0.760 bits per heavy atom. The van der Waals surface area contributed by atoms with Crippen LogP contribution in [0.3, 0.4) is 0 Å². The zero-order valence-corrected chi connectivity index (χ0v) is 30.5. The van der Waals surface area contributed by atoms with Crippen LogP contribution in [-0.4, -0.2) is 48.6 Å². The molecule has 10 heteroatoms. The molecule has 0 bridgehead atoms. The molecule has 0 fully saturated rings. The first-order valence-corrected chi connectivity index (χ1v) is 17.0. The maximum absolute atomic E-state index is 13.8. The summed E-state index contributed by atoms with van der Waals surface area (Å²) >= 11 is 12.4. The number of carbonyl (C=O) groups is 2. The van der Waals surface area contributed by atoms with Crippen molar-refractivity contribution >= 4 is 35.0 Å². The molecular formula is C40H42Cl2F3NO4. The molecule has 0 aromatic heterocycles. The Kier molecular flexibility index (Phi) is 12.5. The number of rotatable bonds is 13. The molecule has 0 heterocycles. The Morgan fingerprint density at radius 2 is 1.26 bits per heavy atom. The summed E-state index contributed by atoms with van der Waals surface area (Å²) in [5.74, 6) is -3.94. The van der Waals surface area contributed by atoms with E-state index in [4.69, 9.17) is 32.7 Å². The fraction of sp³-hybridized carbons (Fsp3) is 0.350. The van der Waals surface area contributed by atoms with Crippen LogP contribution in [0.25, 0.3) is 0 Å². The Bertz CT molecular complexity index is 1690. The third kappa shape index (κ3) is 9.89. The number of Topliss-reactive ketones (excluding diaryl/α,β-unsaturated/α-hetero) is 1. The molecular weight excluding hydrogens is 686 g/mol. The third-order valence-corrected chi connectivity index (χ3v) is 9.45. The zero-order valence-electron chi connectivity index (χ0n) is 29.0. The van der Waals surface area contributed by atoms with E-state index in [0.29, 0.717) is 40.1 Å². The van der Waals surface area contributed by atoms with Gasteiger partial charge in [0.2, 0.25) is 5.78 Å². The molecule has 0 amide bonds. The maximum Gasteiger partial charge on any atom is 0.450 e. The van der Waals surface area contributed by atoms with Crippen LogP contribution in [-0.2, 0) is 21.5 Å². The van der Waals surface area contributed by atoms with Crippen molar-refractivity contribution in [3.05, 3.63) is 135 Å². The van der Waals surface area contributed by atoms with E-state index in [-0.39, 0.29) is 12.0 Å². The lowest BCUT2D eigenvalue weighted by Gasteiger charge is -2.40. The van der Waals surface area contributed by atoms with Gasteiger partial charge in [-0.25, -0.2) is 4.79 Å². The highest BCUT2D eigenvalue weighted by Crippen LogP contribution is 2.37. The van der Waals surface area contributed by atoms with Crippen molar-refractivity contribution in [1.29, 1.82) is 0 Å².